The molecular weight excluding hydrogens is 376 g/mol. The Bertz CT molecular complexity index is 1120. The van der Waals surface area contributed by atoms with Gasteiger partial charge >= 0.3 is 0 Å². The van der Waals surface area contributed by atoms with E-state index in [1.165, 1.54) is 12.0 Å². The van der Waals surface area contributed by atoms with Crippen LogP contribution in [0.25, 0.3) is 10.9 Å². The van der Waals surface area contributed by atoms with Gasteiger partial charge in [0.1, 0.15) is 6.04 Å². The summed E-state index contributed by atoms with van der Waals surface area (Å²) in [6.45, 7) is 14.5. The zero-order valence-electron chi connectivity index (χ0n) is 18.9. The minimum absolute atomic E-state index is 0.0684. The van der Waals surface area contributed by atoms with Gasteiger partial charge in [0, 0.05) is 12.1 Å². The van der Waals surface area contributed by atoms with E-state index in [0.29, 0.717) is 11.5 Å². The number of nitrogens with one attached hydrogen (secondary N) is 1. The van der Waals surface area contributed by atoms with Crippen molar-refractivity contribution < 1.29 is 0 Å². The third-order valence-electron chi connectivity index (χ3n) is 6.04. The maximum absolute atomic E-state index is 13.3. The number of rotatable bonds is 3. The van der Waals surface area contributed by atoms with Gasteiger partial charge in [-0.25, -0.2) is 4.68 Å². The zero-order chi connectivity index (χ0) is 21.6. The molecule has 160 valence electrons. The second kappa shape index (κ2) is 7.61. The highest BCUT2D eigenvalue weighted by Crippen LogP contribution is 2.32. The van der Waals surface area contributed by atoms with Crippen molar-refractivity contribution in [1.82, 2.24) is 30.1 Å². The summed E-state index contributed by atoms with van der Waals surface area (Å²) >= 11 is 0. The van der Waals surface area contributed by atoms with Crippen molar-refractivity contribution >= 4 is 10.9 Å². The summed E-state index contributed by atoms with van der Waals surface area (Å²) in [6, 6.07) is 5.99. The molecule has 1 aliphatic heterocycles. The van der Waals surface area contributed by atoms with Crippen LogP contribution in [0.5, 0.6) is 0 Å². The van der Waals surface area contributed by atoms with Crippen molar-refractivity contribution in [3.8, 4) is 0 Å². The molecular formula is C23H32N6O. The summed E-state index contributed by atoms with van der Waals surface area (Å²) in [4.78, 5) is 18.9. The van der Waals surface area contributed by atoms with E-state index in [9.17, 15) is 4.79 Å². The maximum Gasteiger partial charge on any atom is 0.253 e. The lowest BCUT2D eigenvalue weighted by Gasteiger charge is -2.37. The predicted molar refractivity (Wildman–Crippen MR) is 119 cm³/mol. The number of piperidine rings is 1. The van der Waals surface area contributed by atoms with Crippen LogP contribution in [-0.2, 0) is 5.54 Å². The molecule has 7 heteroatoms. The predicted octanol–water partition coefficient (Wildman–Crippen LogP) is 3.71. The topological polar surface area (TPSA) is 79.7 Å². The monoisotopic (exact) mass is 408 g/mol. The first-order valence-corrected chi connectivity index (χ1v) is 10.8. The Balaban J connectivity index is 1.94. The number of H-pyrrole nitrogens is 1. The molecule has 30 heavy (non-hydrogen) atoms. The normalized spacial score (nSPS) is 19.3. The number of likely N-dealkylation sites (tertiary alicyclic amines) is 1. The summed E-state index contributed by atoms with van der Waals surface area (Å²) in [5, 5.41) is 13.7. The number of pyridine rings is 1. The minimum Gasteiger partial charge on any atom is -0.321 e. The summed E-state index contributed by atoms with van der Waals surface area (Å²) in [5.74, 6) is 1.30. The Kier molecular flexibility index (Phi) is 5.26. The lowest BCUT2D eigenvalue weighted by molar-refractivity contribution is 0.137. The van der Waals surface area contributed by atoms with Crippen LogP contribution in [0.4, 0.5) is 0 Å². The van der Waals surface area contributed by atoms with E-state index in [2.05, 4.69) is 72.2 Å². The van der Waals surface area contributed by atoms with Crippen molar-refractivity contribution in [1.29, 1.82) is 0 Å². The van der Waals surface area contributed by atoms with Gasteiger partial charge < -0.3 is 4.98 Å². The van der Waals surface area contributed by atoms with Gasteiger partial charge in [0.25, 0.3) is 5.56 Å². The Morgan fingerprint density at radius 2 is 1.97 bits per heavy atom. The molecule has 0 amide bonds. The minimum atomic E-state index is -0.282. The summed E-state index contributed by atoms with van der Waals surface area (Å²) in [5.41, 5.74) is 3.52. The van der Waals surface area contributed by atoms with Crippen molar-refractivity contribution in [2.24, 2.45) is 5.92 Å². The highest BCUT2D eigenvalue weighted by Gasteiger charge is 2.35. The van der Waals surface area contributed by atoms with Gasteiger partial charge in [-0.15, -0.1) is 5.10 Å². The van der Waals surface area contributed by atoms with E-state index in [0.717, 1.165) is 41.8 Å². The first-order valence-electron chi connectivity index (χ1n) is 10.8. The molecule has 2 atom stereocenters. The van der Waals surface area contributed by atoms with E-state index in [-0.39, 0.29) is 17.1 Å². The number of tetrazole rings is 1. The van der Waals surface area contributed by atoms with E-state index in [4.69, 9.17) is 0 Å². The van der Waals surface area contributed by atoms with Gasteiger partial charge in [-0.3, -0.25) is 9.69 Å². The molecule has 1 N–H and O–H groups in total. The highest BCUT2D eigenvalue weighted by atomic mass is 16.1. The Morgan fingerprint density at radius 1 is 1.20 bits per heavy atom. The van der Waals surface area contributed by atoms with Crippen LogP contribution in [0, 0.1) is 19.8 Å². The molecule has 2 aromatic heterocycles. The number of aryl methyl sites for hydroxylation is 2. The SMILES string of the molecule is Cc1cc(C)c2[nH]c(=O)c([C@H](c3nnnn3C(C)(C)C)N3CCC[C@H](C)C3)cc2c1. The molecule has 4 rings (SSSR count). The molecule has 0 bridgehead atoms. The first-order chi connectivity index (χ1) is 14.1. The summed E-state index contributed by atoms with van der Waals surface area (Å²) in [7, 11) is 0. The molecule has 0 radical (unpaired) electrons. The van der Waals surface area contributed by atoms with E-state index in [1.54, 1.807) is 0 Å². The molecule has 0 saturated carbocycles. The fraction of sp³-hybridized carbons (Fsp3) is 0.565. The fourth-order valence-corrected chi connectivity index (χ4v) is 4.71. The number of fused-ring (bicyclic) bond motifs is 1. The van der Waals surface area contributed by atoms with Crippen molar-refractivity contribution in [3.05, 3.63) is 51.1 Å². The van der Waals surface area contributed by atoms with Crippen molar-refractivity contribution in [2.75, 3.05) is 13.1 Å². The standard InChI is InChI=1S/C23H32N6O/c1-14-8-7-9-28(13-14)20(21-25-26-27-29(21)23(4,5)6)18-12-17-11-15(2)10-16(3)19(17)24-22(18)30/h10-12,14,20H,7-9,13H2,1-6H3,(H,24,30)/t14-,20+/m0/s1. The number of benzene rings is 1. The molecule has 0 unspecified atom stereocenters. The average molecular weight is 409 g/mol. The second-order valence-electron chi connectivity index (χ2n) is 9.86. The van der Waals surface area contributed by atoms with E-state index < -0.39 is 0 Å². The number of hydrogen-bond acceptors (Lipinski definition) is 5. The lowest BCUT2D eigenvalue weighted by atomic mass is 9.94. The van der Waals surface area contributed by atoms with Crippen LogP contribution < -0.4 is 5.56 Å². The van der Waals surface area contributed by atoms with Gasteiger partial charge in [-0.2, -0.15) is 0 Å². The van der Waals surface area contributed by atoms with Gasteiger partial charge in [0.15, 0.2) is 5.82 Å². The number of aromatic nitrogens is 5. The lowest BCUT2D eigenvalue weighted by Crippen LogP contribution is -2.42. The summed E-state index contributed by atoms with van der Waals surface area (Å²) in [6.07, 6.45) is 2.32. The molecule has 1 aliphatic rings. The van der Waals surface area contributed by atoms with Gasteiger partial charge in [0.2, 0.25) is 0 Å². The van der Waals surface area contributed by atoms with Gasteiger partial charge in [0.05, 0.1) is 11.1 Å². The molecule has 1 aromatic carbocycles. The van der Waals surface area contributed by atoms with Crippen LogP contribution in [0.15, 0.2) is 23.0 Å². The molecule has 3 aromatic rings. The summed E-state index contributed by atoms with van der Waals surface area (Å²) < 4.78 is 1.86. The van der Waals surface area contributed by atoms with E-state index >= 15 is 0 Å². The van der Waals surface area contributed by atoms with Crippen LogP contribution >= 0.6 is 0 Å². The molecule has 1 saturated heterocycles. The van der Waals surface area contributed by atoms with Gasteiger partial charge in [-0.1, -0.05) is 18.6 Å². The molecule has 3 heterocycles. The van der Waals surface area contributed by atoms with Crippen LogP contribution in [0.2, 0.25) is 0 Å². The van der Waals surface area contributed by atoms with Gasteiger partial charge in [-0.05, 0) is 93.4 Å². The van der Waals surface area contributed by atoms with Crippen molar-refractivity contribution in [2.45, 2.75) is 66.0 Å². The Hall–Kier alpha value is -2.54. The highest BCUT2D eigenvalue weighted by molar-refractivity contribution is 5.83. The van der Waals surface area contributed by atoms with Crippen LogP contribution in [-0.4, -0.2) is 43.2 Å². The number of hydrogen-bond donors (Lipinski definition) is 1. The maximum atomic E-state index is 13.3. The number of aromatic amines is 1. The smallest absolute Gasteiger partial charge is 0.253 e. The Morgan fingerprint density at radius 3 is 2.67 bits per heavy atom. The average Bonchev–Trinajstić information content (AvgIpc) is 3.13. The van der Waals surface area contributed by atoms with Crippen molar-refractivity contribution in [3.63, 3.8) is 0 Å². The first kappa shape index (κ1) is 20.7. The van der Waals surface area contributed by atoms with Crippen LogP contribution in [0.1, 0.15) is 69.1 Å². The molecule has 7 nitrogen and oxygen atoms in total. The second-order valence-corrected chi connectivity index (χ2v) is 9.86. The number of nitrogens with zero attached hydrogens (tertiary/aromatic N) is 5. The quantitative estimate of drug-likeness (QED) is 0.715. The fourth-order valence-electron chi connectivity index (χ4n) is 4.71. The molecule has 1 fully saturated rings. The molecule has 0 spiro atoms. The zero-order valence-corrected chi connectivity index (χ0v) is 18.9. The largest absolute Gasteiger partial charge is 0.321 e. The van der Waals surface area contributed by atoms with E-state index in [1.807, 2.05) is 17.7 Å². The van der Waals surface area contributed by atoms with Crippen LogP contribution in [0.3, 0.4) is 0 Å². The molecule has 0 aliphatic carbocycles. The third kappa shape index (κ3) is 3.78. The Labute approximate surface area is 177 Å². The third-order valence-corrected chi connectivity index (χ3v) is 6.04.